The molecule has 0 aromatic heterocycles. The van der Waals surface area contributed by atoms with Gasteiger partial charge in [0.25, 0.3) is 5.91 Å². The Morgan fingerprint density at radius 1 is 1.04 bits per heavy atom. The van der Waals surface area contributed by atoms with E-state index in [1.165, 1.54) is 22.5 Å². The fourth-order valence-electron chi connectivity index (χ4n) is 3.01. The summed E-state index contributed by atoms with van der Waals surface area (Å²) in [4.78, 5) is 12.7. The van der Waals surface area contributed by atoms with Crippen molar-refractivity contribution in [3.63, 3.8) is 0 Å². The first-order valence-corrected chi connectivity index (χ1v) is 9.71. The van der Waals surface area contributed by atoms with Crippen LogP contribution in [-0.2, 0) is 14.8 Å². The second-order valence-corrected chi connectivity index (χ2v) is 8.17. The molecule has 1 fully saturated rings. The number of amides is 1. The van der Waals surface area contributed by atoms with Gasteiger partial charge in [-0.1, -0.05) is 6.07 Å². The number of benzene rings is 2. The van der Waals surface area contributed by atoms with Gasteiger partial charge in [-0.05, 0) is 42.8 Å². The van der Waals surface area contributed by atoms with E-state index in [0.29, 0.717) is 43.5 Å². The van der Waals surface area contributed by atoms with Gasteiger partial charge in [0.05, 0.1) is 29.4 Å². The van der Waals surface area contributed by atoms with E-state index in [9.17, 15) is 13.2 Å². The van der Waals surface area contributed by atoms with Crippen molar-refractivity contribution in [2.24, 2.45) is 0 Å². The Kier molecular flexibility index (Phi) is 4.18. The molecule has 0 unspecified atom stereocenters. The van der Waals surface area contributed by atoms with Crippen molar-refractivity contribution in [1.82, 2.24) is 4.31 Å². The maximum atomic E-state index is 12.8. The van der Waals surface area contributed by atoms with Gasteiger partial charge in [0.15, 0.2) is 5.75 Å². The van der Waals surface area contributed by atoms with Crippen LogP contribution < -0.4 is 10.1 Å². The third kappa shape index (κ3) is 2.96. The average molecular weight is 374 g/mol. The first kappa shape index (κ1) is 17.0. The SMILES string of the molecule is Cc1ccc2c(c1)NC(=O)c1cc(S(=O)(=O)N3CCOCC3)ccc1O2. The molecule has 2 aromatic rings. The van der Waals surface area contributed by atoms with Gasteiger partial charge in [-0.25, -0.2) is 8.42 Å². The van der Waals surface area contributed by atoms with Crippen molar-refractivity contribution < 1.29 is 22.7 Å². The number of nitrogens with one attached hydrogen (secondary N) is 1. The van der Waals surface area contributed by atoms with Crippen LogP contribution in [0.2, 0.25) is 0 Å². The van der Waals surface area contributed by atoms with Gasteiger partial charge in [-0.3, -0.25) is 4.79 Å². The highest BCUT2D eigenvalue weighted by atomic mass is 32.2. The molecule has 1 amide bonds. The lowest BCUT2D eigenvalue weighted by Gasteiger charge is -2.26. The third-order valence-corrected chi connectivity index (χ3v) is 6.30. The molecule has 0 saturated carbocycles. The van der Waals surface area contributed by atoms with E-state index >= 15 is 0 Å². The Bertz CT molecular complexity index is 981. The molecule has 1 N–H and O–H groups in total. The summed E-state index contributed by atoms with van der Waals surface area (Å²) in [7, 11) is -3.69. The van der Waals surface area contributed by atoms with Crippen LogP contribution in [0.1, 0.15) is 15.9 Å². The number of aryl methyl sites for hydroxylation is 1. The number of carbonyl (C=O) groups is 1. The molecule has 0 aliphatic carbocycles. The molecule has 0 spiro atoms. The lowest BCUT2D eigenvalue weighted by Crippen LogP contribution is -2.40. The quantitative estimate of drug-likeness (QED) is 0.872. The summed E-state index contributed by atoms with van der Waals surface area (Å²) in [5.41, 5.74) is 1.73. The van der Waals surface area contributed by atoms with Crippen molar-refractivity contribution in [1.29, 1.82) is 0 Å². The first-order valence-electron chi connectivity index (χ1n) is 8.27. The summed E-state index contributed by atoms with van der Waals surface area (Å²) in [5, 5.41) is 2.79. The second kappa shape index (κ2) is 6.39. The van der Waals surface area contributed by atoms with Crippen molar-refractivity contribution in [3.05, 3.63) is 47.5 Å². The summed E-state index contributed by atoms with van der Waals surface area (Å²) < 4.78 is 38.1. The van der Waals surface area contributed by atoms with Crippen molar-refractivity contribution in [2.45, 2.75) is 11.8 Å². The number of morpholine rings is 1. The maximum Gasteiger partial charge on any atom is 0.259 e. The van der Waals surface area contributed by atoms with Crippen LogP contribution in [0.4, 0.5) is 5.69 Å². The average Bonchev–Trinajstić information content (AvgIpc) is 2.77. The van der Waals surface area contributed by atoms with Gasteiger partial charge in [0, 0.05) is 13.1 Å². The molecule has 0 radical (unpaired) electrons. The highest BCUT2D eigenvalue weighted by Crippen LogP contribution is 2.37. The molecule has 2 aromatic carbocycles. The number of hydrogen-bond acceptors (Lipinski definition) is 5. The Hall–Kier alpha value is -2.42. The number of hydrogen-bond donors (Lipinski definition) is 1. The highest BCUT2D eigenvalue weighted by molar-refractivity contribution is 7.89. The standard InChI is InChI=1S/C18H18N2O5S/c1-12-2-4-17-15(10-12)19-18(21)14-11-13(3-5-16(14)25-17)26(22,23)20-6-8-24-9-7-20/h2-5,10-11H,6-9H2,1H3,(H,19,21). The van der Waals surface area contributed by atoms with Crippen LogP contribution in [-0.4, -0.2) is 44.9 Å². The molecular formula is C18H18N2O5S. The summed E-state index contributed by atoms with van der Waals surface area (Å²) in [6.07, 6.45) is 0. The Balaban J connectivity index is 1.73. The number of sulfonamides is 1. The molecule has 8 heteroatoms. The predicted octanol–water partition coefficient (Wildman–Crippen LogP) is 2.37. The molecule has 0 bridgehead atoms. The summed E-state index contributed by atoms with van der Waals surface area (Å²) in [5.74, 6) is 0.445. The highest BCUT2D eigenvalue weighted by Gasteiger charge is 2.29. The fraction of sp³-hybridized carbons (Fsp3) is 0.278. The van der Waals surface area contributed by atoms with Crippen molar-refractivity contribution >= 4 is 21.6 Å². The van der Waals surface area contributed by atoms with Gasteiger partial charge in [-0.2, -0.15) is 4.31 Å². The minimum absolute atomic E-state index is 0.0686. The molecule has 2 aliphatic heterocycles. The van der Waals surface area contributed by atoms with Gasteiger partial charge in [0.2, 0.25) is 10.0 Å². The van der Waals surface area contributed by atoms with E-state index in [1.807, 2.05) is 19.1 Å². The van der Waals surface area contributed by atoms with Gasteiger partial charge >= 0.3 is 0 Å². The monoisotopic (exact) mass is 374 g/mol. The molecule has 4 rings (SSSR count). The van der Waals surface area contributed by atoms with E-state index in [0.717, 1.165) is 5.56 Å². The summed E-state index contributed by atoms with van der Waals surface area (Å²) in [6, 6.07) is 9.83. The van der Waals surface area contributed by atoms with Gasteiger partial charge in [0.1, 0.15) is 5.75 Å². The number of fused-ring (bicyclic) bond motifs is 2. The van der Waals surface area contributed by atoms with Crippen LogP contribution in [0.3, 0.4) is 0 Å². The molecule has 2 heterocycles. The number of nitrogens with zero attached hydrogens (tertiary/aromatic N) is 1. The van der Waals surface area contributed by atoms with Crippen LogP contribution in [0.5, 0.6) is 11.5 Å². The largest absolute Gasteiger partial charge is 0.454 e. The lowest BCUT2D eigenvalue weighted by molar-refractivity contribution is 0.0730. The van der Waals surface area contributed by atoms with Crippen molar-refractivity contribution in [2.75, 3.05) is 31.6 Å². The summed E-state index contributed by atoms with van der Waals surface area (Å²) >= 11 is 0. The third-order valence-electron chi connectivity index (χ3n) is 4.41. The zero-order valence-corrected chi connectivity index (χ0v) is 15.0. The van der Waals surface area contributed by atoms with Crippen LogP contribution in [0.15, 0.2) is 41.3 Å². The van der Waals surface area contributed by atoms with E-state index in [2.05, 4.69) is 5.32 Å². The van der Waals surface area contributed by atoms with Crippen LogP contribution >= 0.6 is 0 Å². The molecule has 2 aliphatic rings. The molecule has 136 valence electrons. The zero-order valence-electron chi connectivity index (χ0n) is 14.2. The molecule has 26 heavy (non-hydrogen) atoms. The normalized spacial score (nSPS) is 17.5. The number of carbonyl (C=O) groups excluding carboxylic acids is 1. The number of ether oxygens (including phenoxy) is 2. The Labute approximate surface area is 151 Å². The number of rotatable bonds is 2. The van der Waals surface area contributed by atoms with E-state index < -0.39 is 15.9 Å². The first-order chi connectivity index (χ1) is 12.4. The molecule has 7 nitrogen and oxygen atoms in total. The predicted molar refractivity (Wildman–Crippen MR) is 95.2 cm³/mol. The fourth-order valence-corrected chi connectivity index (χ4v) is 4.45. The topological polar surface area (TPSA) is 84.9 Å². The minimum atomic E-state index is -3.69. The maximum absolute atomic E-state index is 12.8. The number of anilines is 1. The van der Waals surface area contributed by atoms with E-state index in [4.69, 9.17) is 9.47 Å². The van der Waals surface area contributed by atoms with Gasteiger partial charge < -0.3 is 14.8 Å². The lowest BCUT2D eigenvalue weighted by atomic mass is 10.2. The van der Waals surface area contributed by atoms with Crippen LogP contribution in [0, 0.1) is 6.92 Å². The van der Waals surface area contributed by atoms with Crippen molar-refractivity contribution in [3.8, 4) is 11.5 Å². The molecule has 1 saturated heterocycles. The van der Waals surface area contributed by atoms with E-state index in [1.54, 1.807) is 6.07 Å². The zero-order chi connectivity index (χ0) is 18.3. The minimum Gasteiger partial charge on any atom is -0.454 e. The second-order valence-electron chi connectivity index (χ2n) is 6.23. The Morgan fingerprint density at radius 3 is 2.54 bits per heavy atom. The van der Waals surface area contributed by atoms with E-state index in [-0.39, 0.29) is 10.5 Å². The van der Waals surface area contributed by atoms with Gasteiger partial charge in [-0.15, -0.1) is 0 Å². The summed E-state index contributed by atoms with van der Waals surface area (Å²) in [6.45, 7) is 3.24. The molecular weight excluding hydrogens is 356 g/mol. The Morgan fingerprint density at radius 2 is 1.77 bits per heavy atom. The van der Waals surface area contributed by atoms with Crippen LogP contribution in [0.25, 0.3) is 0 Å². The molecule has 0 atom stereocenters. The smallest absolute Gasteiger partial charge is 0.259 e.